The Morgan fingerprint density at radius 3 is 3.06 bits per heavy atom. The molecule has 1 unspecified atom stereocenters. The molecule has 1 N–H and O–H groups in total. The zero-order valence-electron chi connectivity index (χ0n) is 9.52. The highest BCUT2D eigenvalue weighted by Gasteiger charge is 2.26. The van der Waals surface area contributed by atoms with Crippen molar-refractivity contribution in [2.75, 3.05) is 24.7 Å². The molecule has 0 radical (unpaired) electrons. The molecule has 0 saturated heterocycles. The lowest BCUT2D eigenvalue weighted by molar-refractivity contribution is -0.121. The van der Waals surface area contributed by atoms with E-state index in [1.807, 2.05) is 25.1 Å². The van der Waals surface area contributed by atoms with Gasteiger partial charge >= 0.3 is 0 Å². The van der Waals surface area contributed by atoms with Crippen LogP contribution in [0.3, 0.4) is 0 Å². The van der Waals surface area contributed by atoms with Gasteiger partial charge in [-0.2, -0.15) is 0 Å². The first-order valence-electron chi connectivity index (χ1n) is 5.45. The minimum absolute atomic E-state index is 0.0453. The van der Waals surface area contributed by atoms with Crippen molar-refractivity contribution in [3.63, 3.8) is 0 Å². The molecule has 92 valence electrons. The monoisotopic (exact) mass is 299 g/mol. The summed E-state index contributed by atoms with van der Waals surface area (Å²) in [6, 6.07) is 5.57. The third kappa shape index (κ3) is 2.61. The predicted octanol–water partition coefficient (Wildman–Crippen LogP) is 1.80. The normalized spacial score (nSPS) is 16.4. The molecule has 1 aliphatic rings. The predicted molar refractivity (Wildman–Crippen MR) is 68.2 cm³/mol. The first-order valence-corrected chi connectivity index (χ1v) is 6.24. The number of carbonyl (C=O) groups is 1. The molecule has 4 nitrogen and oxygen atoms in total. The van der Waals surface area contributed by atoms with E-state index in [9.17, 15) is 4.79 Å². The van der Waals surface area contributed by atoms with E-state index in [2.05, 4.69) is 15.9 Å². The summed E-state index contributed by atoms with van der Waals surface area (Å²) < 4.78 is 6.26. The molecule has 2 rings (SSSR count). The number of amides is 1. The van der Waals surface area contributed by atoms with Crippen LogP contribution in [0.4, 0.5) is 5.69 Å². The Bertz CT molecular complexity index is 436. The largest absolute Gasteiger partial charge is 0.482 e. The smallest absolute Gasteiger partial charge is 0.265 e. The Morgan fingerprint density at radius 2 is 2.35 bits per heavy atom. The van der Waals surface area contributed by atoms with Crippen LogP contribution in [0.5, 0.6) is 5.75 Å². The fourth-order valence-corrected chi connectivity index (χ4v) is 2.09. The number of ether oxygens (including phenoxy) is 1. The zero-order chi connectivity index (χ0) is 12.4. The Hall–Kier alpha value is -1.07. The van der Waals surface area contributed by atoms with Crippen LogP contribution < -0.4 is 9.64 Å². The second-order valence-corrected chi connectivity index (χ2v) is 5.11. The Balaban J connectivity index is 2.32. The van der Waals surface area contributed by atoms with Gasteiger partial charge in [0, 0.05) is 17.6 Å². The van der Waals surface area contributed by atoms with Crippen molar-refractivity contribution < 1.29 is 14.6 Å². The first-order chi connectivity index (χ1) is 8.11. The number of fused-ring (bicyclic) bond motifs is 1. The van der Waals surface area contributed by atoms with Gasteiger partial charge in [0.15, 0.2) is 6.61 Å². The molecule has 0 saturated carbocycles. The molecule has 0 bridgehead atoms. The lowest BCUT2D eigenvalue weighted by Crippen LogP contribution is -2.41. The van der Waals surface area contributed by atoms with Crippen molar-refractivity contribution in [1.82, 2.24) is 0 Å². The maximum absolute atomic E-state index is 11.8. The number of hydrogen-bond acceptors (Lipinski definition) is 3. The molecule has 17 heavy (non-hydrogen) atoms. The van der Waals surface area contributed by atoms with Crippen molar-refractivity contribution in [1.29, 1.82) is 0 Å². The minimum Gasteiger partial charge on any atom is -0.482 e. The molecule has 0 aliphatic carbocycles. The van der Waals surface area contributed by atoms with Gasteiger partial charge in [-0.25, -0.2) is 0 Å². The lowest BCUT2D eigenvalue weighted by Gasteiger charge is -2.31. The van der Waals surface area contributed by atoms with Gasteiger partial charge in [0.2, 0.25) is 0 Å². The minimum atomic E-state index is -0.0732. The van der Waals surface area contributed by atoms with Crippen molar-refractivity contribution in [2.24, 2.45) is 5.92 Å². The number of nitrogens with zero attached hydrogens (tertiary/aromatic N) is 1. The molecule has 1 heterocycles. The Kier molecular flexibility index (Phi) is 3.69. The second-order valence-electron chi connectivity index (χ2n) is 4.19. The highest BCUT2D eigenvalue weighted by molar-refractivity contribution is 9.10. The maximum Gasteiger partial charge on any atom is 0.265 e. The summed E-state index contributed by atoms with van der Waals surface area (Å²) in [6.45, 7) is 2.53. The summed E-state index contributed by atoms with van der Waals surface area (Å²) >= 11 is 3.38. The van der Waals surface area contributed by atoms with E-state index in [-0.39, 0.29) is 25.0 Å². The highest BCUT2D eigenvalue weighted by Crippen LogP contribution is 2.34. The van der Waals surface area contributed by atoms with Crippen LogP contribution >= 0.6 is 15.9 Å². The van der Waals surface area contributed by atoms with Crippen LogP contribution in [-0.4, -0.2) is 30.8 Å². The van der Waals surface area contributed by atoms with Crippen LogP contribution in [0.25, 0.3) is 0 Å². The Labute approximate surface area is 108 Å². The van der Waals surface area contributed by atoms with Gasteiger partial charge in [-0.1, -0.05) is 22.9 Å². The van der Waals surface area contributed by atoms with Gasteiger partial charge in [0.05, 0.1) is 5.69 Å². The van der Waals surface area contributed by atoms with E-state index in [1.54, 1.807) is 4.90 Å². The number of halogens is 1. The summed E-state index contributed by atoms with van der Waals surface area (Å²) in [5.74, 6) is 0.678. The molecule has 1 atom stereocenters. The van der Waals surface area contributed by atoms with E-state index >= 15 is 0 Å². The number of aliphatic hydroxyl groups excluding tert-OH is 1. The summed E-state index contributed by atoms with van der Waals surface area (Å²) in [7, 11) is 0. The van der Waals surface area contributed by atoms with Gasteiger partial charge in [-0.05, 0) is 24.1 Å². The summed E-state index contributed by atoms with van der Waals surface area (Å²) in [4.78, 5) is 13.5. The molecular weight excluding hydrogens is 286 g/mol. The molecule has 1 aromatic carbocycles. The van der Waals surface area contributed by atoms with Gasteiger partial charge in [0.25, 0.3) is 5.91 Å². The average Bonchev–Trinajstić information content (AvgIpc) is 2.32. The number of rotatable bonds is 3. The number of hydrogen-bond donors (Lipinski definition) is 1. The van der Waals surface area contributed by atoms with E-state index in [4.69, 9.17) is 9.84 Å². The van der Waals surface area contributed by atoms with Gasteiger partial charge in [0.1, 0.15) is 5.75 Å². The number of aliphatic hydroxyl groups is 1. The molecule has 5 heteroatoms. The fraction of sp³-hybridized carbons (Fsp3) is 0.417. The van der Waals surface area contributed by atoms with Crippen LogP contribution in [0, 0.1) is 5.92 Å². The third-order valence-corrected chi connectivity index (χ3v) is 3.16. The molecule has 0 fully saturated rings. The lowest BCUT2D eigenvalue weighted by atomic mass is 10.1. The van der Waals surface area contributed by atoms with E-state index in [1.165, 1.54) is 0 Å². The molecular formula is C12H14BrNO3. The Morgan fingerprint density at radius 1 is 1.59 bits per heavy atom. The van der Waals surface area contributed by atoms with Crippen LogP contribution in [0.1, 0.15) is 6.92 Å². The second kappa shape index (κ2) is 5.06. The number of benzene rings is 1. The summed E-state index contributed by atoms with van der Waals surface area (Å²) in [5.41, 5.74) is 0.760. The highest BCUT2D eigenvalue weighted by atomic mass is 79.9. The van der Waals surface area contributed by atoms with E-state index < -0.39 is 0 Å². The van der Waals surface area contributed by atoms with Crippen molar-refractivity contribution in [3.05, 3.63) is 22.7 Å². The van der Waals surface area contributed by atoms with E-state index in [0.717, 1.165) is 10.2 Å². The standard InChI is InChI=1S/C12H14BrNO3/c1-8(6-15)5-14-10-4-9(13)2-3-11(10)17-7-12(14)16/h2-4,8,15H,5-7H2,1H3. The first kappa shape index (κ1) is 12.4. The zero-order valence-corrected chi connectivity index (χ0v) is 11.1. The van der Waals surface area contributed by atoms with Crippen LogP contribution in [0.2, 0.25) is 0 Å². The summed E-state index contributed by atoms with van der Waals surface area (Å²) in [5, 5.41) is 9.08. The fourth-order valence-electron chi connectivity index (χ4n) is 1.74. The summed E-state index contributed by atoms with van der Waals surface area (Å²) in [6.07, 6.45) is 0. The number of anilines is 1. The van der Waals surface area contributed by atoms with Crippen LogP contribution in [-0.2, 0) is 4.79 Å². The third-order valence-electron chi connectivity index (χ3n) is 2.67. The molecule has 1 aromatic rings. The van der Waals surface area contributed by atoms with Crippen LogP contribution in [0.15, 0.2) is 22.7 Å². The van der Waals surface area contributed by atoms with Crippen molar-refractivity contribution >= 4 is 27.5 Å². The maximum atomic E-state index is 11.8. The SMILES string of the molecule is CC(CO)CN1C(=O)COc2ccc(Br)cc21. The van der Waals surface area contributed by atoms with Gasteiger partial charge < -0.3 is 14.7 Å². The number of carbonyl (C=O) groups excluding carboxylic acids is 1. The average molecular weight is 300 g/mol. The van der Waals surface area contributed by atoms with Crippen molar-refractivity contribution in [2.45, 2.75) is 6.92 Å². The van der Waals surface area contributed by atoms with Gasteiger partial charge in [-0.3, -0.25) is 4.79 Å². The molecule has 1 aliphatic heterocycles. The molecule has 0 spiro atoms. The quantitative estimate of drug-likeness (QED) is 0.926. The molecule has 1 amide bonds. The van der Waals surface area contributed by atoms with E-state index in [0.29, 0.717) is 12.3 Å². The molecule has 0 aromatic heterocycles. The van der Waals surface area contributed by atoms with Gasteiger partial charge in [-0.15, -0.1) is 0 Å². The topological polar surface area (TPSA) is 49.8 Å². The van der Waals surface area contributed by atoms with Crippen molar-refractivity contribution in [3.8, 4) is 5.75 Å².